The standard InChI is InChI=1S/C28H45N9O/c1-3-24-25(20-8-14-37(30)15-9-20)33-28(26(32-24)27(29)38)31-21-4-6-22(7-5-21)35-12-10-23(11-13-35)36-18-16-34(2)17-19-36/h4-7,20,23,25,31,33H,3,8-19,30H2,1-2H3,(H2,29,38). The normalized spacial score (nSPS) is 25.3. The lowest BCUT2D eigenvalue weighted by molar-refractivity contribution is -0.114. The summed E-state index contributed by atoms with van der Waals surface area (Å²) >= 11 is 0. The topological polar surface area (TPSA) is 118 Å². The fourth-order valence-electron chi connectivity index (χ4n) is 6.37. The predicted octanol–water partition coefficient (Wildman–Crippen LogP) is 1.38. The number of likely N-dealkylation sites (N-methyl/N-ethyl adjacent to an activating group) is 1. The SMILES string of the molecule is CCC1=NC(C(N)=O)=C(Nc2ccc(N3CCC(N4CCN(C)CC4)CC3)cc2)NC1C1CCN(N)CC1. The summed E-state index contributed by atoms with van der Waals surface area (Å²) in [6, 6.07) is 9.27. The number of amides is 1. The fraction of sp³-hybridized carbons (Fsp3) is 0.643. The maximum atomic E-state index is 12.3. The molecule has 38 heavy (non-hydrogen) atoms. The number of primary amides is 1. The third-order valence-corrected chi connectivity index (χ3v) is 8.81. The molecule has 0 spiro atoms. The number of hydrogen-bond acceptors (Lipinski definition) is 9. The average molecular weight is 524 g/mol. The van der Waals surface area contributed by atoms with E-state index in [0.29, 0.717) is 17.8 Å². The van der Waals surface area contributed by atoms with Crippen LogP contribution < -0.4 is 27.1 Å². The number of hydrazine groups is 1. The number of nitrogens with one attached hydrogen (secondary N) is 2. The highest BCUT2D eigenvalue weighted by Crippen LogP contribution is 2.28. The summed E-state index contributed by atoms with van der Waals surface area (Å²) < 4.78 is 0. The number of aliphatic imine (C=N–C) groups is 1. The first-order chi connectivity index (χ1) is 18.4. The van der Waals surface area contributed by atoms with E-state index in [4.69, 9.17) is 16.6 Å². The lowest BCUT2D eigenvalue weighted by atomic mass is 9.85. The van der Waals surface area contributed by atoms with E-state index in [1.165, 1.54) is 44.7 Å². The molecule has 1 aromatic carbocycles. The van der Waals surface area contributed by atoms with Gasteiger partial charge in [-0.05, 0) is 69.3 Å². The highest BCUT2D eigenvalue weighted by Gasteiger charge is 2.33. The Morgan fingerprint density at radius 3 is 2.26 bits per heavy atom. The van der Waals surface area contributed by atoms with Gasteiger partial charge < -0.3 is 26.2 Å². The Hall–Kier alpha value is -2.66. The number of hydrogen-bond donors (Lipinski definition) is 4. The van der Waals surface area contributed by atoms with E-state index in [9.17, 15) is 4.79 Å². The second-order valence-corrected chi connectivity index (χ2v) is 11.3. The number of carbonyl (C=O) groups excluding carboxylic acids is 1. The molecular formula is C28H45N9O. The maximum Gasteiger partial charge on any atom is 0.271 e. The Kier molecular flexibility index (Phi) is 8.52. The molecule has 10 heteroatoms. The van der Waals surface area contributed by atoms with Gasteiger partial charge in [0, 0.05) is 75.5 Å². The third kappa shape index (κ3) is 6.14. The predicted molar refractivity (Wildman–Crippen MR) is 154 cm³/mol. The Bertz CT molecular complexity index is 1020. The monoisotopic (exact) mass is 523 g/mol. The van der Waals surface area contributed by atoms with E-state index >= 15 is 0 Å². The van der Waals surface area contributed by atoms with Crippen molar-refractivity contribution in [3.8, 4) is 0 Å². The summed E-state index contributed by atoms with van der Waals surface area (Å²) in [5.41, 5.74) is 9.15. The number of piperidine rings is 2. The van der Waals surface area contributed by atoms with Crippen molar-refractivity contribution in [2.75, 3.05) is 69.6 Å². The van der Waals surface area contributed by atoms with Crippen molar-refractivity contribution in [3.63, 3.8) is 0 Å². The van der Waals surface area contributed by atoms with Crippen LogP contribution in [0.1, 0.15) is 39.0 Å². The molecule has 1 aromatic rings. The van der Waals surface area contributed by atoms with Gasteiger partial charge in [0.1, 0.15) is 5.82 Å². The Morgan fingerprint density at radius 1 is 1.00 bits per heavy atom. The smallest absolute Gasteiger partial charge is 0.271 e. The van der Waals surface area contributed by atoms with E-state index in [1.807, 2.05) is 5.01 Å². The molecule has 4 aliphatic rings. The van der Waals surface area contributed by atoms with Crippen molar-refractivity contribution in [3.05, 3.63) is 35.8 Å². The van der Waals surface area contributed by atoms with E-state index in [1.54, 1.807) is 0 Å². The van der Waals surface area contributed by atoms with Crippen LogP contribution in [-0.4, -0.2) is 97.9 Å². The number of nitrogens with two attached hydrogens (primary N) is 2. The van der Waals surface area contributed by atoms with Gasteiger partial charge >= 0.3 is 0 Å². The van der Waals surface area contributed by atoms with Crippen LogP contribution in [0.5, 0.6) is 0 Å². The Morgan fingerprint density at radius 2 is 1.66 bits per heavy atom. The van der Waals surface area contributed by atoms with Crippen LogP contribution in [0, 0.1) is 5.92 Å². The van der Waals surface area contributed by atoms with Gasteiger partial charge in [0.25, 0.3) is 5.91 Å². The third-order valence-electron chi connectivity index (χ3n) is 8.81. The molecule has 1 amide bonds. The van der Waals surface area contributed by atoms with Crippen LogP contribution in [0.4, 0.5) is 11.4 Å². The molecule has 0 aromatic heterocycles. The molecule has 0 saturated carbocycles. The van der Waals surface area contributed by atoms with E-state index in [2.05, 4.69) is 63.6 Å². The van der Waals surface area contributed by atoms with Crippen molar-refractivity contribution in [2.45, 2.75) is 51.1 Å². The fourth-order valence-corrected chi connectivity index (χ4v) is 6.37. The summed E-state index contributed by atoms with van der Waals surface area (Å²) in [5.74, 6) is 6.47. The quantitative estimate of drug-likeness (QED) is 0.396. The highest BCUT2D eigenvalue weighted by molar-refractivity contribution is 6.00. The molecule has 3 fully saturated rings. The molecule has 6 N–H and O–H groups in total. The summed E-state index contributed by atoms with van der Waals surface area (Å²) in [6.45, 7) is 10.7. The van der Waals surface area contributed by atoms with Crippen molar-refractivity contribution in [1.29, 1.82) is 0 Å². The van der Waals surface area contributed by atoms with Crippen molar-refractivity contribution >= 4 is 23.0 Å². The first-order valence-corrected chi connectivity index (χ1v) is 14.3. The van der Waals surface area contributed by atoms with Gasteiger partial charge in [0.05, 0.1) is 6.04 Å². The van der Waals surface area contributed by atoms with Crippen LogP contribution in [0.15, 0.2) is 40.8 Å². The molecule has 208 valence electrons. The number of benzene rings is 1. The molecule has 5 rings (SSSR count). The summed E-state index contributed by atoms with van der Waals surface area (Å²) in [7, 11) is 2.22. The van der Waals surface area contributed by atoms with Gasteiger partial charge in [-0.3, -0.25) is 15.5 Å². The molecule has 4 heterocycles. The second kappa shape index (κ2) is 12.0. The molecule has 0 bridgehead atoms. The lowest BCUT2D eigenvalue weighted by Crippen LogP contribution is -2.52. The van der Waals surface area contributed by atoms with Gasteiger partial charge in [-0.1, -0.05) is 6.92 Å². The summed E-state index contributed by atoms with van der Waals surface area (Å²) in [6.07, 6.45) is 5.18. The van der Waals surface area contributed by atoms with E-state index < -0.39 is 5.91 Å². The number of anilines is 2. The number of nitrogens with zero attached hydrogens (tertiary/aromatic N) is 5. The van der Waals surface area contributed by atoms with Crippen LogP contribution in [-0.2, 0) is 4.79 Å². The average Bonchev–Trinajstić information content (AvgIpc) is 2.94. The van der Waals surface area contributed by atoms with Crippen LogP contribution in [0.25, 0.3) is 0 Å². The van der Waals surface area contributed by atoms with Crippen LogP contribution in [0.2, 0.25) is 0 Å². The number of rotatable bonds is 7. The lowest BCUT2D eigenvalue weighted by Gasteiger charge is -2.42. The molecule has 1 unspecified atom stereocenters. The highest BCUT2D eigenvalue weighted by atomic mass is 16.1. The zero-order chi connectivity index (χ0) is 26.6. The minimum Gasteiger partial charge on any atom is -0.371 e. The Balaban J connectivity index is 1.22. The second-order valence-electron chi connectivity index (χ2n) is 11.3. The minimum atomic E-state index is -0.527. The number of piperazine rings is 1. The molecule has 10 nitrogen and oxygen atoms in total. The molecule has 4 aliphatic heterocycles. The van der Waals surface area contributed by atoms with E-state index in [-0.39, 0.29) is 11.7 Å². The van der Waals surface area contributed by atoms with Gasteiger partial charge in [-0.2, -0.15) is 0 Å². The molecule has 0 radical (unpaired) electrons. The zero-order valence-electron chi connectivity index (χ0n) is 23.0. The van der Waals surface area contributed by atoms with Gasteiger partial charge in [0.15, 0.2) is 5.70 Å². The van der Waals surface area contributed by atoms with Crippen molar-refractivity contribution in [1.82, 2.24) is 20.1 Å². The van der Waals surface area contributed by atoms with Crippen LogP contribution in [0.3, 0.4) is 0 Å². The maximum absolute atomic E-state index is 12.3. The minimum absolute atomic E-state index is 0.0696. The molecule has 1 atom stereocenters. The van der Waals surface area contributed by atoms with Crippen LogP contribution >= 0.6 is 0 Å². The summed E-state index contributed by atoms with van der Waals surface area (Å²) in [4.78, 5) is 24.6. The first kappa shape index (κ1) is 26.9. The largest absolute Gasteiger partial charge is 0.371 e. The van der Waals surface area contributed by atoms with Gasteiger partial charge in [-0.15, -0.1) is 0 Å². The summed E-state index contributed by atoms with van der Waals surface area (Å²) in [5, 5.41) is 8.89. The Labute approximate surface area is 227 Å². The zero-order valence-corrected chi connectivity index (χ0v) is 23.0. The van der Waals surface area contributed by atoms with Crippen molar-refractivity contribution < 1.29 is 4.79 Å². The number of carbonyl (C=O) groups is 1. The van der Waals surface area contributed by atoms with Gasteiger partial charge in [-0.25, -0.2) is 10.0 Å². The molecular weight excluding hydrogens is 478 g/mol. The molecule has 3 saturated heterocycles. The molecule has 0 aliphatic carbocycles. The van der Waals surface area contributed by atoms with E-state index in [0.717, 1.165) is 56.8 Å². The first-order valence-electron chi connectivity index (χ1n) is 14.3. The van der Waals surface area contributed by atoms with Crippen molar-refractivity contribution in [2.24, 2.45) is 22.5 Å². The van der Waals surface area contributed by atoms with Gasteiger partial charge in [0.2, 0.25) is 0 Å².